The van der Waals surface area contributed by atoms with E-state index in [1.54, 1.807) is 10.8 Å². The first-order valence-corrected chi connectivity index (χ1v) is 10.6. The molecule has 0 N–H and O–H groups in total. The van der Waals surface area contributed by atoms with Crippen LogP contribution in [0.25, 0.3) is 16.7 Å². The van der Waals surface area contributed by atoms with Crippen molar-refractivity contribution >= 4 is 34.1 Å². The van der Waals surface area contributed by atoms with Crippen LogP contribution in [0, 0.1) is 13.8 Å². The van der Waals surface area contributed by atoms with Crippen molar-refractivity contribution in [3.8, 4) is 0 Å². The normalized spacial score (nSPS) is 14.4. The number of aryl methyl sites for hydroxylation is 2. The molecule has 0 aliphatic carbocycles. The first-order valence-electron chi connectivity index (χ1n) is 10.6. The second-order valence-corrected chi connectivity index (χ2v) is 8.26. The van der Waals surface area contributed by atoms with E-state index in [-0.39, 0.29) is 11.7 Å². The maximum atomic E-state index is 13.0. The number of piperazine rings is 1. The predicted octanol–water partition coefficient (Wildman–Crippen LogP) is 1.71. The zero-order chi connectivity index (χ0) is 22.4. The number of carbonyl (C=O) groups excluding carboxylic acids is 1. The Balaban J connectivity index is 1.33. The number of hydrogen-bond acceptors (Lipinski definition) is 8. The number of anilines is 2. The SMILES string of the molecule is Cc1cc(C)n2nc(C(=O)N3CCN(c4ccc5ncnc(N(C)C)c5c4)CC3)nc2n1. The number of nitrogens with zero attached hydrogens (tertiary/aromatic N) is 9. The summed E-state index contributed by atoms with van der Waals surface area (Å²) in [4.78, 5) is 36.6. The molecule has 1 aromatic carbocycles. The highest BCUT2D eigenvalue weighted by Crippen LogP contribution is 2.27. The summed E-state index contributed by atoms with van der Waals surface area (Å²) in [6.07, 6.45) is 1.59. The van der Waals surface area contributed by atoms with Crippen molar-refractivity contribution < 1.29 is 4.79 Å². The van der Waals surface area contributed by atoms with Crippen molar-refractivity contribution in [2.24, 2.45) is 0 Å². The van der Waals surface area contributed by atoms with E-state index in [0.717, 1.165) is 46.9 Å². The Hall–Kier alpha value is -3.82. The monoisotopic (exact) mass is 431 g/mol. The van der Waals surface area contributed by atoms with E-state index in [9.17, 15) is 4.79 Å². The van der Waals surface area contributed by atoms with Crippen molar-refractivity contribution in [3.63, 3.8) is 0 Å². The number of amides is 1. The molecule has 3 aromatic heterocycles. The van der Waals surface area contributed by atoms with Gasteiger partial charge in [0, 0.05) is 62.7 Å². The lowest BCUT2D eigenvalue weighted by Gasteiger charge is -2.35. The highest BCUT2D eigenvalue weighted by molar-refractivity contribution is 5.92. The number of hydrogen-bond donors (Lipinski definition) is 0. The van der Waals surface area contributed by atoms with E-state index in [1.165, 1.54) is 0 Å². The lowest BCUT2D eigenvalue weighted by Crippen LogP contribution is -2.49. The molecule has 32 heavy (non-hydrogen) atoms. The molecule has 0 bridgehead atoms. The van der Waals surface area contributed by atoms with Crippen LogP contribution in [0.15, 0.2) is 30.6 Å². The van der Waals surface area contributed by atoms with Crippen molar-refractivity contribution in [1.29, 1.82) is 0 Å². The molecular formula is C22H25N9O. The van der Waals surface area contributed by atoms with Crippen molar-refractivity contribution in [3.05, 3.63) is 47.8 Å². The standard InChI is InChI=1S/C22H25N9O/c1-14-11-15(2)31-22(25-14)26-19(27-31)21(32)30-9-7-29(8-10-30)16-5-6-18-17(12-16)20(28(3)4)24-13-23-18/h5-6,11-13H,7-10H2,1-4H3. The Morgan fingerprint density at radius 2 is 1.78 bits per heavy atom. The molecule has 164 valence electrons. The third-order valence-corrected chi connectivity index (χ3v) is 5.76. The van der Waals surface area contributed by atoms with E-state index in [4.69, 9.17) is 0 Å². The minimum absolute atomic E-state index is 0.158. The summed E-state index contributed by atoms with van der Waals surface area (Å²) in [5, 5.41) is 5.40. The van der Waals surface area contributed by atoms with Gasteiger partial charge in [-0.15, -0.1) is 5.10 Å². The van der Waals surface area contributed by atoms with Crippen LogP contribution >= 0.6 is 0 Å². The van der Waals surface area contributed by atoms with Crippen LogP contribution in [0.2, 0.25) is 0 Å². The quantitative estimate of drug-likeness (QED) is 0.484. The highest BCUT2D eigenvalue weighted by Gasteiger charge is 2.26. The van der Waals surface area contributed by atoms with Crippen LogP contribution in [0.4, 0.5) is 11.5 Å². The number of fused-ring (bicyclic) bond motifs is 2. The largest absolute Gasteiger partial charge is 0.368 e. The molecule has 10 heteroatoms. The molecule has 10 nitrogen and oxygen atoms in total. The Kier molecular flexibility index (Phi) is 4.84. The molecule has 1 aliphatic heterocycles. The van der Waals surface area contributed by atoms with Crippen LogP contribution in [-0.4, -0.2) is 80.6 Å². The molecule has 1 fully saturated rings. The van der Waals surface area contributed by atoms with Gasteiger partial charge in [0.25, 0.3) is 11.7 Å². The Labute approximate surface area is 185 Å². The number of carbonyl (C=O) groups is 1. The van der Waals surface area contributed by atoms with Crippen molar-refractivity contribution in [1.82, 2.24) is 34.4 Å². The second-order valence-electron chi connectivity index (χ2n) is 8.26. The van der Waals surface area contributed by atoms with E-state index in [0.29, 0.717) is 18.9 Å². The molecular weight excluding hydrogens is 406 g/mol. The summed E-state index contributed by atoms with van der Waals surface area (Å²) >= 11 is 0. The predicted molar refractivity (Wildman–Crippen MR) is 122 cm³/mol. The van der Waals surface area contributed by atoms with Crippen LogP contribution in [-0.2, 0) is 0 Å². The lowest BCUT2D eigenvalue weighted by molar-refractivity contribution is 0.0734. The van der Waals surface area contributed by atoms with Gasteiger partial charge in [0.15, 0.2) is 0 Å². The molecule has 0 radical (unpaired) electrons. The van der Waals surface area contributed by atoms with E-state index in [2.05, 4.69) is 42.1 Å². The van der Waals surface area contributed by atoms with E-state index >= 15 is 0 Å². The van der Waals surface area contributed by atoms with Gasteiger partial charge >= 0.3 is 0 Å². The molecule has 5 rings (SSSR count). The summed E-state index contributed by atoms with van der Waals surface area (Å²) in [6, 6.07) is 8.15. The summed E-state index contributed by atoms with van der Waals surface area (Å²) in [5.74, 6) is 1.38. The topological polar surface area (TPSA) is 95.7 Å². The van der Waals surface area contributed by atoms with Crippen LogP contribution in [0.5, 0.6) is 0 Å². The van der Waals surface area contributed by atoms with Gasteiger partial charge < -0.3 is 14.7 Å². The fourth-order valence-corrected chi connectivity index (χ4v) is 4.15. The minimum Gasteiger partial charge on any atom is -0.368 e. The molecule has 0 spiro atoms. The summed E-state index contributed by atoms with van der Waals surface area (Å²) in [6.45, 7) is 6.49. The van der Waals surface area contributed by atoms with Gasteiger partial charge in [-0.05, 0) is 38.1 Å². The Morgan fingerprint density at radius 3 is 2.53 bits per heavy atom. The highest BCUT2D eigenvalue weighted by atomic mass is 16.2. The Bertz CT molecular complexity index is 1320. The maximum Gasteiger partial charge on any atom is 0.293 e. The fraction of sp³-hybridized carbons (Fsp3) is 0.364. The van der Waals surface area contributed by atoms with Crippen LogP contribution in [0.1, 0.15) is 22.0 Å². The van der Waals surface area contributed by atoms with Gasteiger partial charge in [0.1, 0.15) is 12.1 Å². The minimum atomic E-state index is -0.158. The van der Waals surface area contributed by atoms with E-state index < -0.39 is 0 Å². The first kappa shape index (κ1) is 20.1. The summed E-state index contributed by atoms with van der Waals surface area (Å²) in [7, 11) is 3.95. The van der Waals surface area contributed by atoms with Crippen molar-refractivity contribution in [2.75, 3.05) is 50.1 Å². The Morgan fingerprint density at radius 1 is 1.00 bits per heavy atom. The molecule has 0 atom stereocenters. The first-order chi connectivity index (χ1) is 15.4. The molecule has 4 heterocycles. The van der Waals surface area contributed by atoms with E-state index in [1.807, 2.05) is 49.9 Å². The molecule has 1 amide bonds. The zero-order valence-corrected chi connectivity index (χ0v) is 18.6. The number of benzene rings is 1. The average molecular weight is 432 g/mol. The van der Waals surface area contributed by atoms with Gasteiger partial charge in [-0.2, -0.15) is 4.98 Å². The maximum absolute atomic E-state index is 13.0. The van der Waals surface area contributed by atoms with Gasteiger partial charge in [-0.3, -0.25) is 4.79 Å². The van der Waals surface area contributed by atoms with Gasteiger partial charge in [-0.25, -0.2) is 19.5 Å². The third kappa shape index (κ3) is 3.47. The average Bonchev–Trinajstić information content (AvgIpc) is 3.22. The summed E-state index contributed by atoms with van der Waals surface area (Å²) in [5.41, 5.74) is 3.77. The molecule has 4 aromatic rings. The zero-order valence-electron chi connectivity index (χ0n) is 18.6. The number of aromatic nitrogens is 6. The molecule has 1 saturated heterocycles. The van der Waals surface area contributed by atoms with Gasteiger partial charge in [0.2, 0.25) is 5.82 Å². The molecule has 0 saturated carbocycles. The van der Waals surface area contributed by atoms with Gasteiger partial charge in [-0.1, -0.05) is 0 Å². The molecule has 0 unspecified atom stereocenters. The lowest BCUT2D eigenvalue weighted by atomic mass is 10.1. The molecule has 1 aliphatic rings. The smallest absolute Gasteiger partial charge is 0.293 e. The summed E-state index contributed by atoms with van der Waals surface area (Å²) < 4.78 is 1.62. The van der Waals surface area contributed by atoms with Crippen LogP contribution < -0.4 is 9.80 Å². The van der Waals surface area contributed by atoms with Crippen LogP contribution in [0.3, 0.4) is 0 Å². The van der Waals surface area contributed by atoms with Gasteiger partial charge in [0.05, 0.1) is 5.52 Å². The fourth-order valence-electron chi connectivity index (χ4n) is 4.15. The third-order valence-electron chi connectivity index (χ3n) is 5.76. The van der Waals surface area contributed by atoms with Crippen molar-refractivity contribution in [2.45, 2.75) is 13.8 Å². The second kappa shape index (κ2) is 7.70. The number of rotatable bonds is 3.